The van der Waals surface area contributed by atoms with E-state index >= 15 is 0 Å². The van der Waals surface area contributed by atoms with E-state index in [1.807, 2.05) is 13.8 Å². The number of alkyl halides is 3. The summed E-state index contributed by atoms with van der Waals surface area (Å²) >= 11 is 17.3. The Balaban J connectivity index is 3.85. The van der Waals surface area contributed by atoms with E-state index in [4.69, 9.17) is 34.8 Å². The topological polar surface area (TPSA) is 12.4 Å². The molecule has 72 valence electrons. The van der Waals surface area contributed by atoms with E-state index in [1.54, 1.807) is 6.21 Å². The van der Waals surface area contributed by atoms with E-state index in [9.17, 15) is 0 Å². The monoisotopic (exact) mass is 229 g/mol. The van der Waals surface area contributed by atoms with Gasteiger partial charge in [-0.05, 0) is 26.7 Å². The SMILES string of the molecule is CC(C)N=CC(Cl)(Cl)CCCCl. The lowest BCUT2D eigenvalue weighted by atomic mass is 10.2. The van der Waals surface area contributed by atoms with Crippen LogP contribution in [0.2, 0.25) is 0 Å². The Morgan fingerprint density at radius 3 is 2.42 bits per heavy atom. The van der Waals surface area contributed by atoms with Crippen molar-refractivity contribution in [1.29, 1.82) is 0 Å². The zero-order chi connectivity index (χ0) is 9.61. The Kier molecular flexibility index (Phi) is 6.34. The van der Waals surface area contributed by atoms with Crippen molar-refractivity contribution < 1.29 is 0 Å². The standard InChI is InChI=1S/C8H14Cl3N/c1-7(2)12-6-8(10,11)4-3-5-9/h6-7H,3-5H2,1-2H3. The summed E-state index contributed by atoms with van der Waals surface area (Å²) in [5.41, 5.74) is 0. The summed E-state index contributed by atoms with van der Waals surface area (Å²) in [5.74, 6) is 0.580. The summed E-state index contributed by atoms with van der Waals surface area (Å²) in [7, 11) is 0. The molecule has 0 aliphatic heterocycles. The summed E-state index contributed by atoms with van der Waals surface area (Å²) in [4.78, 5) is 4.12. The van der Waals surface area contributed by atoms with Gasteiger partial charge in [-0.25, -0.2) is 0 Å². The van der Waals surface area contributed by atoms with E-state index in [0.29, 0.717) is 12.3 Å². The molecule has 12 heavy (non-hydrogen) atoms. The van der Waals surface area contributed by atoms with Gasteiger partial charge >= 0.3 is 0 Å². The third-order valence-corrected chi connectivity index (χ3v) is 2.05. The molecule has 0 bridgehead atoms. The maximum absolute atomic E-state index is 5.92. The number of hydrogen-bond donors (Lipinski definition) is 0. The second kappa shape index (κ2) is 6.06. The van der Waals surface area contributed by atoms with Crippen molar-refractivity contribution in [2.24, 2.45) is 4.99 Å². The highest BCUT2D eigenvalue weighted by molar-refractivity contribution is 6.56. The number of aliphatic imine (C=N–C) groups is 1. The van der Waals surface area contributed by atoms with Crippen LogP contribution in [0.15, 0.2) is 4.99 Å². The lowest BCUT2D eigenvalue weighted by Crippen LogP contribution is -2.15. The fourth-order valence-electron chi connectivity index (χ4n) is 0.625. The minimum atomic E-state index is -0.848. The van der Waals surface area contributed by atoms with Crippen LogP contribution in [0, 0.1) is 0 Å². The van der Waals surface area contributed by atoms with Crippen LogP contribution >= 0.6 is 34.8 Å². The zero-order valence-corrected chi connectivity index (χ0v) is 9.62. The summed E-state index contributed by atoms with van der Waals surface area (Å²) in [6.45, 7) is 3.95. The van der Waals surface area contributed by atoms with Crippen molar-refractivity contribution in [2.75, 3.05) is 5.88 Å². The molecule has 0 saturated heterocycles. The lowest BCUT2D eigenvalue weighted by molar-refractivity contribution is 0.790. The van der Waals surface area contributed by atoms with Gasteiger partial charge in [-0.15, -0.1) is 11.6 Å². The Labute approximate surface area is 89.1 Å². The number of hydrogen-bond acceptors (Lipinski definition) is 1. The third-order valence-electron chi connectivity index (χ3n) is 1.21. The van der Waals surface area contributed by atoms with Crippen molar-refractivity contribution in [3.63, 3.8) is 0 Å². The van der Waals surface area contributed by atoms with Gasteiger partial charge in [0.1, 0.15) is 0 Å². The fourth-order valence-corrected chi connectivity index (χ4v) is 1.14. The summed E-state index contributed by atoms with van der Waals surface area (Å²) < 4.78 is -0.848. The third kappa shape index (κ3) is 7.20. The van der Waals surface area contributed by atoms with Crippen LogP contribution in [0.3, 0.4) is 0 Å². The molecule has 0 N–H and O–H groups in total. The van der Waals surface area contributed by atoms with Crippen molar-refractivity contribution in [1.82, 2.24) is 0 Å². The van der Waals surface area contributed by atoms with Crippen LogP contribution in [0.25, 0.3) is 0 Å². The van der Waals surface area contributed by atoms with Crippen LogP contribution in [-0.4, -0.2) is 22.5 Å². The Bertz CT molecular complexity index is 143. The molecular formula is C8H14Cl3N. The van der Waals surface area contributed by atoms with Gasteiger partial charge < -0.3 is 0 Å². The maximum Gasteiger partial charge on any atom is 0.152 e. The second-order valence-corrected chi connectivity index (χ2v) is 4.85. The summed E-state index contributed by atoms with van der Waals surface area (Å²) in [5, 5.41) is 0. The number of nitrogens with zero attached hydrogens (tertiary/aromatic N) is 1. The van der Waals surface area contributed by atoms with E-state index < -0.39 is 4.33 Å². The average Bonchev–Trinajstić information content (AvgIpc) is 1.98. The van der Waals surface area contributed by atoms with Gasteiger partial charge in [-0.3, -0.25) is 4.99 Å². The quantitative estimate of drug-likeness (QED) is 0.505. The largest absolute Gasteiger partial charge is 0.292 e. The van der Waals surface area contributed by atoms with Crippen LogP contribution in [0.4, 0.5) is 0 Å². The molecule has 0 aliphatic rings. The summed E-state index contributed by atoms with van der Waals surface area (Å²) in [6, 6.07) is 0.234. The molecule has 0 unspecified atom stereocenters. The predicted molar refractivity (Wildman–Crippen MR) is 58.0 cm³/mol. The maximum atomic E-state index is 5.92. The number of halogens is 3. The molecule has 0 atom stereocenters. The van der Waals surface area contributed by atoms with Crippen molar-refractivity contribution >= 4 is 41.0 Å². The van der Waals surface area contributed by atoms with E-state index in [2.05, 4.69) is 4.99 Å². The molecule has 0 spiro atoms. The van der Waals surface area contributed by atoms with Gasteiger partial charge in [0.05, 0.1) is 0 Å². The Hall–Kier alpha value is 0.540. The molecule has 0 aromatic carbocycles. The van der Waals surface area contributed by atoms with Gasteiger partial charge in [0, 0.05) is 18.1 Å². The molecule has 0 rings (SSSR count). The smallest absolute Gasteiger partial charge is 0.152 e. The van der Waals surface area contributed by atoms with Crippen LogP contribution in [0.5, 0.6) is 0 Å². The molecule has 0 aromatic rings. The van der Waals surface area contributed by atoms with Gasteiger partial charge in [0.25, 0.3) is 0 Å². The minimum Gasteiger partial charge on any atom is -0.292 e. The number of rotatable bonds is 5. The van der Waals surface area contributed by atoms with Crippen molar-refractivity contribution in [3.8, 4) is 0 Å². The average molecular weight is 231 g/mol. The second-order valence-electron chi connectivity index (χ2n) is 2.93. The molecule has 0 aromatic heterocycles. The predicted octanol–water partition coefficient (Wildman–Crippen LogP) is 3.66. The van der Waals surface area contributed by atoms with Crippen LogP contribution < -0.4 is 0 Å². The van der Waals surface area contributed by atoms with Gasteiger partial charge in [0.2, 0.25) is 0 Å². The van der Waals surface area contributed by atoms with E-state index in [0.717, 1.165) is 6.42 Å². The highest BCUT2D eigenvalue weighted by Crippen LogP contribution is 2.24. The van der Waals surface area contributed by atoms with Crippen LogP contribution in [-0.2, 0) is 0 Å². The fraction of sp³-hybridized carbons (Fsp3) is 0.875. The first-order valence-electron chi connectivity index (χ1n) is 3.96. The molecule has 0 amide bonds. The Morgan fingerprint density at radius 1 is 1.42 bits per heavy atom. The molecule has 0 radical (unpaired) electrons. The highest BCUT2D eigenvalue weighted by atomic mass is 35.5. The van der Waals surface area contributed by atoms with Crippen molar-refractivity contribution in [3.05, 3.63) is 0 Å². The molecule has 1 nitrogen and oxygen atoms in total. The lowest BCUT2D eigenvalue weighted by Gasteiger charge is -2.13. The van der Waals surface area contributed by atoms with E-state index in [-0.39, 0.29) is 6.04 Å². The first kappa shape index (κ1) is 12.5. The Morgan fingerprint density at radius 2 is 2.00 bits per heavy atom. The van der Waals surface area contributed by atoms with Crippen molar-refractivity contribution in [2.45, 2.75) is 37.1 Å². The zero-order valence-electron chi connectivity index (χ0n) is 7.36. The van der Waals surface area contributed by atoms with Crippen LogP contribution in [0.1, 0.15) is 26.7 Å². The first-order chi connectivity index (χ1) is 5.48. The minimum absolute atomic E-state index is 0.234. The van der Waals surface area contributed by atoms with Gasteiger partial charge in [-0.2, -0.15) is 0 Å². The van der Waals surface area contributed by atoms with Gasteiger partial charge in [-0.1, -0.05) is 23.2 Å². The first-order valence-corrected chi connectivity index (χ1v) is 5.25. The van der Waals surface area contributed by atoms with Gasteiger partial charge in [0.15, 0.2) is 4.33 Å². The molecule has 0 fully saturated rings. The molecular weight excluding hydrogens is 216 g/mol. The van der Waals surface area contributed by atoms with E-state index in [1.165, 1.54) is 0 Å². The molecule has 0 aliphatic carbocycles. The molecule has 0 heterocycles. The molecule has 4 heteroatoms. The molecule has 0 saturated carbocycles. The summed E-state index contributed by atoms with van der Waals surface area (Å²) in [6.07, 6.45) is 3.04. The highest BCUT2D eigenvalue weighted by Gasteiger charge is 2.20. The normalized spacial score (nSPS) is 13.2.